The number of piperidine rings is 1. The van der Waals surface area contributed by atoms with E-state index < -0.39 is 0 Å². The average molecular weight is 322 g/mol. The summed E-state index contributed by atoms with van der Waals surface area (Å²) in [5.41, 5.74) is 1.85. The molecule has 2 amide bonds. The molecule has 1 unspecified atom stereocenters. The Kier molecular flexibility index (Phi) is 2.89. The van der Waals surface area contributed by atoms with Crippen LogP contribution in [0.4, 0.5) is 0 Å². The molecule has 19 heavy (non-hydrogen) atoms. The summed E-state index contributed by atoms with van der Waals surface area (Å²) >= 11 is 3.49. The molecule has 1 aliphatic rings. The van der Waals surface area contributed by atoms with Crippen LogP contribution in [0, 0.1) is 0 Å². The van der Waals surface area contributed by atoms with E-state index in [9.17, 15) is 9.59 Å². The maximum Gasteiger partial charge on any atom is 0.234 e. The van der Waals surface area contributed by atoms with E-state index in [1.807, 2.05) is 19.2 Å². The van der Waals surface area contributed by atoms with Gasteiger partial charge in [-0.3, -0.25) is 19.6 Å². The summed E-state index contributed by atoms with van der Waals surface area (Å²) < 4.78 is 2.71. The Morgan fingerprint density at radius 3 is 2.95 bits per heavy atom. The lowest BCUT2D eigenvalue weighted by atomic mass is 9.89. The Balaban J connectivity index is 2.15. The molecule has 1 atom stereocenters. The molecule has 1 aliphatic heterocycles. The van der Waals surface area contributed by atoms with Crippen LogP contribution >= 0.6 is 15.9 Å². The van der Waals surface area contributed by atoms with Gasteiger partial charge < -0.3 is 0 Å². The first-order valence-electron chi connectivity index (χ1n) is 6.01. The quantitative estimate of drug-likeness (QED) is 0.815. The van der Waals surface area contributed by atoms with E-state index in [2.05, 4.69) is 26.3 Å². The second-order valence-corrected chi connectivity index (χ2v) is 5.53. The molecule has 2 heterocycles. The molecular formula is C13H12BrN3O2. The summed E-state index contributed by atoms with van der Waals surface area (Å²) in [5, 5.41) is 7.62. The van der Waals surface area contributed by atoms with E-state index in [-0.39, 0.29) is 17.7 Å². The molecule has 98 valence electrons. The molecule has 0 aliphatic carbocycles. The third-order valence-corrected chi connectivity index (χ3v) is 4.18. The Morgan fingerprint density at radius 1 is 1.42 bits per heavy atom. The number of amides is 2. The van der Waals surface area contributed by atoms with Gasteiger partial charge in [-0.2, -0.15) is 5.10 Å². The van der Waals surface area contributed by atoms with Crippen molar-refractivity contribution in [2.45, 2.75) is 18.8 Å². The van der Waals surface area contributed by atoms with Crippen LogP contribution in [-0.2, 0) is 16.6 Å². The van der Waals surface area contributed by atoms with Gasteiger partial charge in [-0.15, -0.1) is 0 Å². The van der Waals surface area contributed by atoms with Gasteiger partial charge in [0.15, 0.2) is 0 Å². The van der Waals surface area contributed by atoms with Crippen molar-refractivity contribution in [3.05, 3.63) is 28.4 Å². The van der Waals surface area contributed by atoms with Crippen LogP contribution in [0.5, 0.6) is 0 Å². The van der Waals surface area contributed by atoms with Gasteiger partial charge in [0.2, 0.25) is 11.8 Å². The molecule has 6 heteroatoms. The van der Waals surface area contributed by atoms with E-state index in [0.717, 1.165) is 20.9 Å². The topological polar surface area (TPSA) is 64.0 Å². The molecule has 0 radical (unpaired) electrons. The summed E-state index contributed by atoms with van der Waals surface area (Å²) in [6, 6.07) is 3.84. The number of imide groups is 1. The third kappa shape index (κ3) is 1.96. The number of benzene rings is 1. The molecule has 5 nitrogen and oxygen atoms in total. The molecule has 0 bridgehead atoms. The van der Waals surface area contributed by atoms with Crippen molar-refractivity contribution >= 4 is 38.6 Å². The summed E-state index contributed by atoms with van der Waals surface area (Å²) in [7, 11) is 1.85. The SMILES string of the molecule is Cn1ncc2c(Br)ccc(C3CCC(=O)NC3=O)c21. The van der Waals surface area contributed by atoms with Crippen molar-refractivity contribution in [2.75, 3.05) is 0 Å². The Hall–Kier alpha value is -1.69. The van der Waals surface area contributed by atoms with E-state index in [1.54, 1.807) is 10.9 Å². The van der Waals surface area contributed by atoms with Crippen LogP contribution in [0.15, 0.2) is 22.8 Å². The molecule has 3 rings (SSSR count). The molecule has 1 N–H and O–H groups in total. The second kappa shape index (κ2) is 4.45. The fraction of sp³-hybridized carbons (Fsp3) is 0.308. The van der Waals surface area contributed by atoms with Crippen molar-refractivity contribution in [3.8, 4) is 0 Å². The van der Waals surface area contributed by atoms with Gasteiger partial charge >= 0.3 is 0 Å². The largest absolute Gasteiger partial charge is 0.296 e. The number of carbonyl (C=O) groups is 2. The van der Waals surface area contributed by atoms with E-state index in [0.29, 0.717) is 12.8 Å². The number of hydrogen-bond donors (Lipinski definition) is 1. The molecular weight excluding hydrogens is 310 g/mol. The predicted octanol–water partition coefficient (Wildman–Crippen LogP) is 1.86. The normalized spacial score (nSPS) is 19.8. The highest BCUT2D eigenvalue weighted by atomic mass is 79.9. The number of hydrogen-bond acceptors (Lipinski definition) is 3. The number of aryl methyl sites for hydroxylation is 1. The molecule has 1 aromatic heterocycles. The third-order valence-electron chi connectivity index (χ3n) is 3.49. The van der Waals surface area contributed by atoms with Crippen LogP contribution in [0.25, 0.3) is 10.9 Å². The monoisotopic (exact) mass is 321 g/mol. The standard InChI is InChI=1S/C13H12BrN3O2/c1-17-12-7(2-4-10(14)9(12)6-15-17)8-3-5-11(18)16-13(8)19/h2,4,6,8H,3,5H2,1H3,(H,16,18,19). The zero-order valence-corrected chi connectivity index (χ0v) is 11.9. The molecule has 0 spiro atoms. The number of carbonyl (C=O) groups excluding carboxylic acids is 2. The van der Waals surface area contributed by atoms with E-state index >= 15 is 0 Å². The van der Waals surface area contributed by atoms with Crippen LogP contribution in [0.1, 0.15) is 24.3 Å². The van der Waals surface area contributed by atoms with Gasteiger partial charge in [-0.25, -0.2) is 0 Å². The summed E-state index contributed by atoms with van der Waals surface area (Å²) in [5.74, 6) is -0.704. The highest BCUT2D eigenvalue weighted by Crippen LogP contribution is 2.34. The summed E-state index contributed by atoms with van der Waals surface area (Å²) in [4.78, 5) is 23.2. The fourth-order valence-electron chi connectivity index (χ4n) is 2.56. The maximum atomic E-state index is 12.0. The maximum absolute atomic E-state index is 12.0. The first-order chi connectivity index (χ1) is 9.08. The van der Waals surface area contributed by atoms with Crippen molar-refractivity contribution in [2.24, 2.45) is 7.05 Å². The number of halogens is 1. The van der Waals surface area contributed by atoms with Gasteiger partial charge in [0.1, 0.15) is 0 Å². The first kappa shape index (κ1) is 12.3. The van der Waals surface area contributed by atoms with Gasteiger partial charge in [0.05, 0.1) is 17.6 Å². The lowest BCUT2D eigenvalue weighted by Crippen LogP contribution is -2.39. The minimum Gasteiger partial charge on any atom is -0.296 e. The smallest absolute Gasteiger partial charge is 0.234 e. The number of rotatable bonds is 1. The van der Waals surface area contributed by atoms with Gasteiger partial charge in [0, 0.05) is 23.3 Å². The van der Waals surface area contributed by atoms with Crippen molar-refractivity contribution in [3.63, 3.8) is 0 Å². The molecule has 1 fully saturated rings. The van der Waals surface area contributed by atoms with Crippen molar-refractivity contribution in [1.82, 2.24) is 15.1 Å². The molecule has 1 aromatic carbocycles. The Labute approximate surface area is 118 Å². The van der Waals surface area contributed by atoms with Crippen LogP contribution in [0.2, 0.25) is 0 Å². The average Bonchev–Trinajstić information content (AvgIpc) is 2.75. The zero-order valence-electron chi connectivity index (χ0n) is 10.3. The fourth-order valence-corrected chi connectivity index (χ4v) is 2.98. The molecule has 2 aromatic rings. The van der Waals surface area contributed by atoms with Crippen LogP contribution in [-0.4, -0.2) is 21.6 Å². The van der Waals surface area contributed by atoms with E-state index in [1.165, 1.54) is 0 Å². The lowest BCUT2D eigenvalue weighted by molar-refractivity contribution is -0.134. The van der Waals surface area contributed by atoms with Crippen LogP contribution in [0.3, 0.4) is 0 Å². The van der Waals surface area contributed by atoms with Crippen LogP contribution < -0.4 is 5.32 Å². The summed E-state index contributed by atoms with van der Waals surface area (Å²) in [6.45, 7) is 0. The Morgan fingerprint density at radius 2 is 2.21 bits per heavy atom. The molecule has 0 saturated carbocycles. The summed E-state index contributed by atoms with van der Waals surface area (Å²) in [6.07, 6.45) is 2.70. The number of fused-ring (bicyclic) bond motifs is 1. The highest BCUT2D eigenvalue weighted by molar-refractivity contribution is 9.10. The first-order valence-corrected chi connectivity index (χ1v) is 6.81. The van der Waals surface area contributed by atoms with Crippen molar-refractivity contribution < 1.29 is 9.59 Å². The second-order valence-electron chi connectivity index (χ2n) is 4.67. The van der Waals surface area contributed by atoms with Gasteiger partial charge in [-0.05, 0) is 18.1 Å². The number of aromatic nitrogens is 2. The number of nitrogens with zero attached hydrogens (tertiary/aromatic N) is 2. The van der Waals surface area contributed by atoms with Gasteiger partial charge in [-0.1, -0.05) is 22.0 Å². The van der Waals surface area contributed by atoms with E-state index in [4.69, 9.17) is 0 Å². The molecule has 1 saturated heterocycles. The number of nitrogens with one attached hydrogen (secondary N) is 1. The minimum absolute atomic E-state index is 0.195. The highest BCUT2D eigenvalue weighted by Gasteiger charge is 2.30. The van der Waals surface area contributed by atoms with Crippen molar-refractivity contribution in [1.29, 1.82) is 0 Å². The lowest BCUT2D eigenvalue weighted by Gasteiger charge is -2.22. The Bertz CT molecular complexity index is 692. The minimum atomic E-state index is -0.288. The van der Waals surface area contributed by atoms with Gasteiger partial charge in [0.25, 0.3) is 0 Å². The predicted molar refractivity (Wildman–Crippen MR) is 73.5 cm³/mol. The zero-order chi connectivity index (χ0) is 13.6.